The topological polar surface area (TPSA) is 66.4 Å². The van der Waals surface area contributed by atoms with Crippen LogP contribution in [0.4, 0.5) is 5.69 Å². The Kier molecular flexibility index (Phi) is 4.98. The van der Waals surface area contributed by atoms with Gasteiger partial charge in [0.25, 0.3) is 0 Å². The van der Waals surface area contributed by atoms with Crippen molar-refractivity contribution >= 4 is 45.1 Å². The summed E-state index contributed by atoms with van der Waals surface area (Å²) in [4.78, 5) is 23.3. The van der Waals surface area contributed by atoms with Gasteiger partial charge in [0, 0.05) is 4.47 Å². The summed E-state index contributed by atoms with van der Waals surface area (Å²) in [5, 5.41) is 12.1. The second-order valence-electron chi connectivity index (χ2n) is 5.25. The Bertz CT molecular complexity index is 511. The molecule has 104 valence electrons. The van der Waals surface area contributed by atoms with Crippen LogP contribution in [0.15, 0.2) is 22.7 Å². The minimum Gasteiger partial charge on any atom is -0.481 e. The molecule has 1 rings (SSSR count). The maximum absolute atomic E-state index is 12.1. The molecule has 0 heterocycles. The SMILES string of the molecule is CC(C)(C)C(C(=O)O)C(=O)Nc1cc(Br)ccc1Cl. The lowest BCUT2D eigenvalue weighted by Gasteiger charge is -2.26. The number of nitrogens with one attached hydrogen (secondary N) is 1. The Labute approximate surface area is 125 Å². The van der Waals surface area contributed by atoms with Gasteiger partial charge in [0.15, 0.2) is 0 Å². The summed E-state index contributed by atoms with van der Waals surface area (Å²) in [6.07, 6.45) is 0. The van der Waals surface area contributed by atoms with Gasteiger partial charge in [-0.1, -0.05) is 48.3 Å². The van der Waals surface area contributed by atoms with E-state index < -0.39 is 23.2 Å². The van der Waals surface area contributed by atoms with Crippen LogP contribution in [-0.2, 0) is 9.59 Å². The maximum Gasteiger partial charge on any atom is 0.316 e. The van der Waals surface area contributed by atoms with Crippen molar-refractivity contribution in [1.29, 1.82) is 0 Å². The van der Waals surface area contributed by atoms with Crippen molar-refractivity contribution in [1.82, 2.24) is 0 Å². The Morgan fingerprint density at radius 3 is 2.42 bits per heavy atom. The lowest BCUT2D eigenvalue weighted by molar-refractivity contribution is -0.149. The molecule has 1 unspecified atom stereocenters. The molecule has 2 N–H and O–H groups in total. The number of rotatable bonds is 3. The zero-order valence-corrected chi connectivity index (χ0v) is 13.2. The maximum atomic E-state index is 12.1. The lowest BCUT2D eigenvalue weighted by Crippen LogP contribution is -2.39. The van der Waals surface area contributed by atoms with Gasteiger partial charge >= 0.3 is 5.97 Å². The summed E-state index contributed by atoms with van der Waals surface area (Å²) in [7, 11) is 0. The molecule has 6 heteroatoms. The number of hydrogen-bond acceptors (Lipinski definition) is 2. The van der Waals surface area contributed by atoms with Gasteiger partial charge in [-0.05, 0) is 23.6 Å². The molecule has 0 aliphatic carbocycles. The normalized spacial score (nSPS) is 12.9. The average molecular weight is 349 g/mol. The van der Waals surface area contributed by atoms with E-state index in [0.29, 0.717) is 10.7 Å². The summed E-state index contributed by atoms with van der Waals surface area (Å²) in [6.45, 7) is 5.11. The third-order valence-corrected chi connectivity index (χ3v) is 3.38. The highest BCUT2D eigenvalue weighted by Gasteiger charge is 2.37. The molecule has 0 bridgehead atoms. The number of carbonyl (C=O) groups excluding carboxylic acids is 1. The monoisotopic (exact) mass is 347 g/mol. The van der Waals surface area contributed by atoms with Gasteiger partial charge in [0.05, 0.1) is 10.7 Å². The smallest absolute Gasteiger partial charge is 0.316 e. The Morgan fingerprint density at radius 1 is 1.37 bits per heavy atom. The van der Waals surface area contributed by atoms with Crippen LogP contribution in [0, 0.1) is 11.3 Å². The largest absolute Gasteiger partial charge is 0.481 e. The molecule has 0 fully saturated rings. The molecule has 0 aliphatic rings. The average Bonchev–Trinajstić information content (AvgIpc) is 2.20. The van der Waals surface area contributed by atoms with E-state index in [0.717, 1.165) is 4.47 Å². The lowest BCUT2D eigenvalue weighted by atomic mass is 9.80. The van der Waals surface area contributed by atoms with Gasteiger partial charge in [-0.25, -0.2) is 0 Å². The van der Waals surface area contributed by atoms with Crippen LogP contribution >= 0.6 is 27.5 Å². The summed E-state index contributed by atoms with van der Waals surface area (Å²) in [6, 6.07) is 4.98. The minimum absolute atomic E-state index is 0.356. The fraction of sp³-hybridized carbons (Fsp3) is 0.385. The molecule has 1 aromatic rings. The van der Waals surface area contributed by atoms with Crippen LogP contribution in [-0.4, -0.2) is 17.0 Å². The third-order valence-electron chi connectivity index (χ3n) is 2.56. The quantitative estimate of drug-likeness (QED) is 0.817. The molecule has 0 aromatic heterocycles. The molecule has 1 aromatic carbocycles. The summed E-state index contributed by atoms with van der Waals surface area (Å²) in [5.41, 5.74) is -0.300. The fourth-order valence-electron chi connectivity index (χ4n) is 1.67. The zero-order chi connectivity index (χ0) is 14.8. The molecular formula is C13H15BrClNO3. The summed E-state index contributed by atoms with van der Waals surface area (Å²) in [5.74, 6) is -2.89. The number of halogens is 2. The Morgan fingerprint density at radius 2 is 1.95 bits per heavy atom. The van der Waals surface area contributed by atoms with E-state index in [1.165, 1.54) is 0 Å². The first kappa shape index (κ1) is 16.0. The highest BCUT2D eigenvalue weighted by atomic mass is 79.9. The van der Waals surface area contributed by atoms with E-state index in [4.69, 9.17) is 11.6 Å². The predicted molar refractivity (Wildman–Crippen MR) is 78.4 cm³/mol. The highest BCUT2D eigenvalue weighted by Crippen LogP contribution is 2.30. The van der Waals surface area contributed by atoms with Crippen LogP contribution in [0.25, 0.3) is 0 Å². The van der Waals surface area contributed by atoms with Gasteiger partial charge in [0.1, 0.15) is 5.92 Å². The Hall–Kier alpha value is -1.07. The van der Waals surface area contributed by atoms with Crippen molar-refractivity contribution in [2.45, 2.75) is 20.8 Å². The van der Waals surface area contributed by atoms with Crippen molar-refractivity contribution in [2.24, 2.45) is 11.3 Å². The number of carboxylic acids is 1. The van der Waals surface area contributed by atoms with Crippen molar-refractivity contribution in [3.8, 4) is 0 Å². The van der Waals surface area contributed by atoms with Gasteiger partial charge in [-0.3, -0.25) is 9.59 Å². The number of benzene rings is 1. The number of carboxylic acid groups (broad SMARTS) is 1. The molecule has 1 amide bonds. The number of carbonyl (C=O) groups is 2. The van der Waals surface area contributed by atoms with Gasteiger partial charge in [-0.15, -0.1) is 0 Å². The number of anilines is 1. The van der Waals surface area contributed by atoms with Gasteiger partial charge in [0.2, 0.25) is 5.91 Å². The van der Waals surface area contributed by atoms with Crippen molar-refractivity contribution in [3.05, 3.63) is 27.7 Å². The Balaban J connectivity index is 3.01. The van der Waals surface area contributed by atoms with E-state index in [1.807, 2.05) is 0 Å². The van der Waals surface area contributed by atoms with E-state index in [2.05, 4.69) is 21.2 Å². The van der Waals surface area contributed by atoms with Gasteiger partial charge in [-0.2, -0.15) is 0 Å². The molecule has 4 nitrogen and oxygen atoms in total. The number of amides is 1. The van der Waals surface area contributed by atoms with Crippen molar-refractivity contribution in [3.63, 3.8) is 0 Å². The van der Waals surface area contributed by atoms with Crippen LogP contribution in [0.2, 0.25) is 5.02 Å². The molecule has 0 saturated heterocycles. The van der Waals surface area contributed by atoms with Crippen molar-refractivity contribution in [2.75, 3.05) is 5.32 Å². The minimum atomic E-state index is -1.16. The predicted octanol–water partition coefficient (Wildman–Crippen LogP) is 3.79. The third kappa shape index (κ3) is 4.21. The van der Waals surface area contributed by atoms with Crippen LogP contribution in [0.5, 0.6) is 0 Å². The second-order valence-corrected chi connectivity index (χ2v) is 6.57. The summed E-state index contributed by atoms with van der Waals surface area (Å²) < 4.78 is 0.745. The first-order chi connectivity index (χ1) is 8.62. The van der Waals surface area contributed by atoms with Gasteiger partial charge < -0.3 is 10.4 Å². The number of hydrogen-bond donors (Lipinski definition) is 2. The zero-order valence-electron chi connectivity index (χ0n) is 10.8. The molecule has 0 radical (unpaired) electrons. The van der Waals surface area contributed by atoms with E-state index in [1.54, 1.807) is 39.0 Å². The molecule has 19 heavy (non-hydrogen) atoms. The molecular weight excluding hydrogens is 334 g/mol. The standard InChI is InChI=1S/C13H15BrClNO3/c1-13(2,3)10(12(18)19)11(17)16-9-6-7(14)4-5-8(9)15/h4-6,10H,1-3H3,(H,16,17)(H,18,19). The van der Waals surface area contributed by atoms with Crippen molar-refractivity contribution < 1.29 is 14.7 Å². The van der Waals surface area contributed by atoms with E-state index in [-0.39, 0.29) is 0 Å². The van der Waals surface area contributed by atoms with Crippen LogP contribution in [0.1, 0.15) is 20.8 Å². The molecule has 0 aliphatic heterocycles. The number of aliphatic carboxylic acids is 1. The first-order valence-corrected chi connectivity index (χ1v) is 6.78. The molecule has 1 atom stereocenters. The fourth-order valence-corrected chi connectivity index (χ4v) is 2.20. The van der Waals surface area contributed by atoms with E-state index in [9.17, 15) is 14.7 Å². The second kappa shape index (κ2) is 5.92. The highest BCUT2D eigenvalue weighted by molar-refractivity contribution is 9.10. The molecule has 0 spiro atoms. The van der Waals surface area contributed by atoms with E-state index >= 15 is 0 Å². The van der Waals surface area contributed by atoms with Crippen LogP contribution < -0.4 is 5.32 Å². The summed E-state index contributed by atoms with van der Waals surface area (Å²) >= 11 is 9.22. The van der Waals surface area contributed by atoms with Crippen LogP contribution in [0.3, 0.4) is 0 Å². The molecule has 0 saturated carbocycles. The first-order valence-electron chi connectivity index (χ1n) is 5.61.